The van der Waals surface area contributed by atoms with Crippen LogP contribution in [0.3, 0.4) is 0 Å². The van der Waals surface area contributed by atoms with Crippen LogP contribution in [0, 0.1) is 5.82 Å². The van der Waals surface area contributed by atoms with Crippen LogP contribution in [0.5, 0.6) is 5.75 Å². The lowest BCUT2D eigenvalue weighted by Gasteiger charge is -2.19. The third kappa shape index (κ3) is 6.00. The smallest absolute Gasteiger partial charge is 0.330 e. The highest BCUT2D eigenvalue weighted by Gasteiger charge is 2.22. The van der Waals surface area contributed by atoms with Gasteiger partial charge in [0.25, 0.3) is 5.91 Å². The second-order valence-corrected chi connectivity index (χ2v) is 8.22. The predicted octanol–water partition coefficient (Wildman–Crippen LogP) is 4.18. The van der Waals surface area contributed by atoms with Crippen molar-refractivity contribution < 1.29 is 28.6 Å². The summed E-state index contributed by atoms with van der Waals surface area (Å²) in [7, 11) is 1.16. The Morgan fingerprint density at radius 3 is 2.49 bits per heavy atom. The lowest BCUT2D eigenvalue weighted by Crippen LogP contribution is -2.44. The van der Waals surface area contributed by atoms with Crippen molar-refractivity contribution >= 4 is 40.9 Å². The van der Waals surface area contributed by atoms with Gasteiger partial charge in [0, 0.05) is 27.9 Å². The quantitative estimate of drug-likeness (QED) is 0.300. The van der Waals surface area contributed by atoms with Gasteiger partial charge in [-0.15, -0.1) is 0 Å². The van der Waals surface area contributed by atoms with E-state index in [2.05, 4.69) is 15.0 Å². The minimum atomic E-state index is -1.17. The Hall–Kier alpha value is -3.40. The molecule has 1 aromatic heterocycles. The number of anilines is 1. The van der Waals surface area contributed by atoms with Gasteiger partial charge < -0.3 is 25.6 Å². The second-order valence-electron chi connectivity index (χ2n) is 7.43. The molecule has 8 nitrogen and oxygen atoms in total. The van der Waals surface area contributed by atoms with E-state index in [1.54, 1.807) is 37.3 Å². The fourth-order valence-corrected chi connectivity index (χ4v) is 3.93. The number of methoxy groups -OCH3 is 1. The van der Waals surface area contributed by atoms with E-state index in [1.165, 1.54) is 18.3 Å². The first-order valence-corrected chi connectivity index (χ1v) is 11.1. The topological polar surface area (TPSA) is 124 Å². The molecular weight excluding hydrogens is 500 g/mol. The van der Waals surface area contributed by atoms with Crippen LogP contribution in [0.15, 0.2) is 48.7 Å². The van der Waals surface area contributed by atoms with Crippen molar-refractivity contribution in [3.63, 3.8) is 0 Å². The van der Waals surface area contributed by atoms with Crippen molar-refractivity contribution in [2.75, 3.05) is 19.5 Å². The third-order valence-electron chi connectivity index (χ3n) is 5.13. The van der Waals surface area contributed by atoms with E-state index in [0.717, 1.165) is 7.11 Å². The molecule has 0 fully saturated rings. The molecule has 1 heterocycles. The van der Waals surface area contributed by atoms with Crippen molar-refractivity contribution in [3.8, 4) is 16.9 Å². The number of aromatic nitrogens is 1. The zero-order valence-electron chi connectivity index (χ0n) is 18.7. The first kappa shape index (κ1) is 26.2. The Bertz CT molecular complexity index is 1240. The number of pyridine rings is 1. The van der Waals surface area contributed by atoms with Crippen molar-refractivity contribution in [2.45, 2.75) is 19.1 Å². The molecular formula is C24H22Cl2FN3O5. The number of halogens is 3. The average Bonchev–Trinajstić information content (AvgIpc) is 2.85. The van der Waals surface area contributed by atoms with E-state index < -0.39 is 36.4 Å². The number of nitrogens with two attached hydrogens (primary N) is 1. The van der Waals surface area contributed by atoms with Crippen molar-refractivity contribution in [2.24, 2.45) is 0 Å². The number of hydrogen-bond donors (Lipinski definition) is 3. The highest BCUT2D eigenvalue weighted by Crippen LogP contribution is 2.37. The minimum Gasteiger partial charge on any atom is -0.482 e. The average molecular weight is 522 g/mol. The molecule has 0 aliphatic heterocycles. The number of nitrogens with one attached hydrogen (secondary N) is 1. The fraction of sp³-hybridized carbons (Fsp3) is 0.208. The molecule has 2 atom stereocenters. The maximum absolute atomic E-state index is 13.9. The molecule has 0 saturated heterocycles. The van der Waals surface area contributed by atoms with Gasteiger partial charge in [-0.05, 0) is 42.8 Å². The summed E-state index contributed by atoms with van der Waals surface area (Å²) in [5.41, 5.74) is 7.84. The van der Waals surface area contributed by atoms with Crippen molar-refractivity contribution in [1.82, 2.24) is 10.3 Å². The van der Waals surface area contributed by atoms with Gasteiger partial charge in [0.2, 0.25) is 0 Å². The van der Waals surface area contributed by atoms with Crippen LogP contribution in [0.1, 0.15) is 28.9 Å². The van der Waals surface area contributed by atoms with Crippen LogP contribution in [0.4, 0.5) is 10.2 Å². The number of esters is 1. The Labute approximate surface area is 210 Å². The normalized spacial score (nSPS) is 12.5. The van der Waals surface area contributed by atoms with Gasteiger partial charge >= 0.3 is 5.97 Å². The Balaban J connectivity index is 1.80. The summed E-state index contributed by atoms with van der Waals surface area (Å²) >= 11 is 12.3. The molecule has 2 aromatic carbocycles. The molecule has 0 aliphatic rings. The standard InChI is InChI=1S/C24H22Cl2FN3O5/c1-12(20-16(25)7-8-17(27)21(20)26)35-19-9-15(10-29-22(19)28)13-3-5-14(6-4-13)23(32)30-18(11-31)24(33)34-2/h3-10,12,18,31H,11H2,1-2H3,(H2,28,29)(H,30,32)/t12-,18-/m0/s1. The molecule has 4 N–H and O–H groups in total. The second kappa shape index (κ2) is 11.4. The van der Waals surface area contributed by atoms with Gasteiger partial charge in [-0.1, -0.05) is 35.3 Å². The maximum atomic E-state index is 13.9. The number of nitrogen functional groups attached to an aromatic ring is 1. The molecule has 0 radical (unpaired) electrons. The summed E-state index contributed by atoms with van der Waals surface area (Å²) < 4.78 is 24.4. The number of carbonyl (C=O) groups is 2. The van der Waals surface area contributed by atoms with Gasteiger partial charge in [-0.25, -0.2) is 14.2 Å². The lowest BCUT2D eigenvalue weighted by molar-refractivity contribution is -0.143. The highest BCUT2D eigenvalue weighted by molar-refractivity contribution is 6.36. The van der Waals surface area contributed by atoms with Crippen molar-refractivity contribution in [3.05, 3.63) is 75.7 Å². The van der Waals surface area contributed by atoms with Crippen LogP contribution < -0.4 is 15.8 Å². The van der Waals surface area contributed by atoms with E-state index in [9.17, 15) is 19.1 Å². The molecule has 3 aromatic rings. The molecule has 0 spiro atoms. The molecule has 0 aliphatic carbocycles. The first-order valence-electron chi connectivity index (χ1n) is 10.3. The van der Waals surface area contributed by atoms with Crippen LogP contribution in [-0.4, -0.2) is 41.7 Å². The number of amides is 1. The SMILES string of the molecule is COC(=O)[C@H](CO)NC(=O)c1ccc(-c2cnc(N)c(O[C@@H](C)c3c(Cl)ccc(F)c3Cl)c2)cc1. The van der Waals surface area contributed by atoms with E-state index >= 15 is 0 Å². The zero-order chi connectivity index (χ0) is 25.7. The monoisotopic (exact) mass is 521 g/mol. The molecule has 0 bridgehead atoms. The number of aliphatic hydroxyl groups is 1. The molecule has 3 rings (SSSR count). The van der Waals surface area contributed by atoms with Gasteiger partial charge in [0.15, 0.2) is 17.6 Å². The summed E-state index contributed by atoms with van der Waals surface area (Å²) in [6.07, 6.45) is 0.800. The number of nitrogens with zero attached hydrogens (tertiary/aromatic N) is 1. The van der Waals surface area contributed by atoms with Gasteiger partial charge in [0.05, 0.1) is 18.7 Å². The number of benzene rings is 2. The Morgan fingerprint density at radius 2 is 1.86 bits per heavy atom. The largest absolute Gasteiger partial charge is 0.482 e. The van der Waals surface area contributed by atoms with Crippen LogP contribution in [0.2, 0.25) is 10.0 Å². The molecule has 1 amide bonds. The number of ether oxygens (including phenoxy) is 2. The van der Waals surface area contributed by atoms with Gasteiger partial charge in [-0.2, -0.15) is 0 Å². The van der Waals surface area contributed by atoms with E-state index in [0.29, 0.717) is 11.1 Å². The molecule has 184 valence electrons. The molecule has 0 unspecified atom stereocenters. The number of aliphatic hydroxyl groups excluding tert-OH is 1. The van der Waals surface area contributed by atoms with Gasteiger partial charge in [-0.3, -0.25) is 4.79 Å². The first-order chi connectivity index (χ1) is 16.7. The van der Waals surface area contributed by atoms with Crippen molar-refractivity contribution in [1.29, 1.82) is 0 Å². The lowest BCUT2D eigenvalue weighted by atomic mass is 10.0. The Morgan fingerprint density at radius 1 is 1.17 bits per heavy atom. The summed E-state index contributed by atoms with van der Waals surface area (Å²) in [5.74, 6) is -1.59. The Kier molecular flexibility index (Phi) is 8.50. The number of rotatable bonds is 8. The number of carbonyl (C=O) groups excluding carboxylic acids is 2. The van der Waals surface area contributed by atoms with Gasteiger partial charge in [0.1, 0.15) is 11.9 Å². The fourth-order valence-electron chi connectivity index (χ4n) is 3.25. The highest BCUT2D eigenvalue weighted by atomic mass is 35.5. The van der Waals surface area contributed by atoms with Crippen LogP contribution in [-0.2, 0) is 9.53 Å². The van der Waals surface area contributed by atoms with E-state index in [-0.39, 0.29) is 32.7 Å². The summed E-state index contributed by atoms with van der Waals surface area (Å²) in [6, 6.07) is 9.46. The summed E-state index contributed by atoms with van der Waals surface area (Å²) in [6.45, 7) is 1.06. The molecule has 11 heteroatoms. The zero-order valence-corrected chi connectivity index (χ0v) is 20.2. The predicted molar refractivity (Wildman–Crippen MR) is 130 cm³/mol. The van der Waals surface area contributed by atoms with Crippen LogP contribution in [0.25, 0.3) is 11.1 Å². The minimum absolute atomic E-state index is 0.109. The summed E-state index contributed by atoms with van der Waals surface area (Å²) in [5, 5.41) is 11.8. The molecule has 0 saturated carbocycles. The van der Waals surface area contributed by atoms with Crippen LogP contribution >= 0.6 is 23.2 Å². The van der Waals surface area contributed by atoms with E-state index in [1.807, 2.05) is 0 Å². The maximum Gasteiger partial charge on any atom is 0.330 e. The third-order valence-corrected chi connectivity index (χ3v) is 5.84. The van der Waals surface area contributed by atoms with E-state index in [4.69, 9.17) is 33.7 Å². The summed E-state index contributed by atoms with van der Waals surface area (Å²) in [4.78, 5) is 28.1. The molecule has 35 heavy (non-hydrogen) atoms. The number of hydrogen-bond acceptors (Lipinski definition) is 7.